The number of carbonyl (C=O) groups is 3. The molecule has 0 bridgehead atoms. The number of carbonyl (C=O) groups excluding carboxylic acids is 1. The summed E-state index contributed by atoms with van der Waals surface area (Å²) in [5.41, 5.74) is 0. The minimum atomic E-state index is -1.27. The molecule has 0 spiro atoms. The van der Waals surface area contributed by atoms with Gasteiger partial charge in [-0.3, -0.25) is 9.59 Å². The largest absolute Gasteiger partial charge is 0.481 e. The van der Waals surface area contributed by atoms with Crippen LogP contribution >= 0.6 is 0 Å². The van der Waals surface area contributed by atoms with E-state index < -0.39 is 30.3 Å². The summed E-state index contributed by atoms with van der Waals surface area (Å²) in [5.74, 6) is -3.15. The number of amides is 1. The van der Waals surface area contributed by atoms with Crippen molar-refractivity contribution in [1.82, 2.24) is 4.90 Å². The lowest BCUT2D eigenvalue weighted by Gasteiger charge is -2.20. The third kappa shape index (κ3) is 3.55. The van der Waals surface area contributed by atoms with Gasteiger partial charge in [0.05, 0.1) is 0 Å². The Kier molecular flexibility index (Phi) is 3.90. The van der Waals surface area contributed by atoms with E-state index in [9.17, 15) is 14.4 Å². The molecule has 0 radical (unpaired) electrons. The summed E-state index contributed by atoms with van der Waals surface area (Å²) in [5, 5.41) is 16.8. The normalized spacial score (nSPS) is 11.8. The molecule has 74 valence electrons. The monoisotopic (exact) mass is 189 g/mol. The van der Waals surface area contributed by atoms with Gasteiger partial charge in [0, 0.05) is 7.05 Å². The molecule has 0 saturated carbocycles. The molecule has 0 fully saturated rings. The lowest BCUT2D eigenvalue weighted by Crippen LogP contribution is -2.40. The summed E-state index contributed by atoms with van der Waals surface area (Å²) in [6.45, 7) is 1.31. The molecule has 0 saturated heterocycles. The van der Waals surface area contributed by atoms with E-state index in [1.165, 1.54) is 14.0 Å². The Morgan fingerprint density at radius 1 is 1.31 bits per heavy atom. The van der Waals surface area contributed by atoms with Crippen molar-refractivity contribution in [3.05, 3.63) is 0 Å². The van der Waals surface area contributed by atoms with Crippen LogP contribution in [0.25, 0.3) is 0 Å². The van der Waals surface area contributed by atoms with Crippen LogP contribution in [0.15, 0.2) is 0 Å². The molecule has 1 amide bonds. The number of hydrogen-bond acceptors (Lipinski definition) is 3. The average Bonchev–Trinajstić information content (AvgIpc) is 2.00. The van der Waals surface area contributed by atoms with Gasteiger partial charge in [-0.15, -0.1) is 0 Å². The molecule has 6 nitrogen and oxygen atoms in total. The zero-order valence-corrected chi connectivity index (χ0v) is 7.35. The van der Waals surface area contributed by atoms with E-state index in [2.05, 4.69) is 0 Å². The number of aliphatic carboxylic acids is 2. The molecule has 2 N–H and O–H groups in total. The predicted molar refractivity (Wildman–Crippen MR) is 42.1 cm³/mol. The second kappa shape index (κ2) is 4.44. The molecule has 13 heavy (non-hydrogen) atoms. The van der Waals surface area contributed by atoms with E-state index in [0.717, 1.165) is 4.90 Å². The Labute approximate surface area is 74.8 Å². The molecule has 0 aliphatic rings. The van der Waals surface area contributed by atoms with E-state index in [0.29, 0.717) is 0 Å². The van der Waals surface area contributed by atoms with Gasteiger partial charge in [-0.25, -0.2) is 4.79 Å². The van der Waals surface area contributed by atoms with Crippen molar-refractivity contribution in [3.63, 3.8) is 0 Å². The molecule has 0 heterocycles. The Morgan fingerprint density at radius 3 is 2.08 bits per heavy atom. The third-order valence-electron chi connectivity index (χ3n) is 1.63. The van der Waals surface area contributed by atoms with Crippen molar-refractivity contribution >= 4 is 17.8 Å². The van der Waals surface area contributed by atoms with Gasteiger partial charge in [-0.2, -0.15) is 0 Å². The average molecular weight is 189 g/mol. The number of rotatable bonds is 4. The van der Waals surface area contributed by atoms with Crippen molar-refractivity contribution in [2.75, 3.05) is 7.05 Å². The maximum absolute atomic E-state index is 11.0. The summed E-state index contributed by atoms with van der Waals surface area (Å²) < 4.78 is 0. The van der Waals surface area contributed by atoms with Gasteiger partial charge in [0.25, 0.3) is 0 Å². The van der Waals surface area contributed by atoms with Crippen LogP contribution in [0.5, 0.6) is 0 Å². The maximum atomic E-state index is 11.0. The summed E-state index contributed by atoms with van der Waals surface area (Å²) >= 11 is 0. The van der Waals surface area contributed by atoms with E-state index in [-0.39, 0.29) is 0 Å². The van der Waals surface area contributed by atoms with Crippen LogP contribution in [0.4, 0.5) is 0 Å². The smallest absolute Gasteiger partial charge is 0.326 e. The molecule has 0 aliphatic heterocycles. The fraction of sp³-hybridized carbons (Fsp3) is 0.571. The number of likely N-dealkylation sites (N-methyl/N-ethyl adjacent to an activating group) is 1. The van der Waals surface area contributed by atoms with Crippen LogP contribution in [-0.4, -0.2) is 46.0 Å². The van der Waals surface area contributed by atoms with E-state index >= 15 is 0 Å². The highest BCUT2D eigenvalue weighted by atomic mass is 16.4. The Bertz CT molecular complexity index is 237. The van der Waals surface area contributed by atoms with Crippen molar-refractivity contribution in [1.29, 1.82) is 0 Å². The molecule has 0 aromatic carbocycles. The van der Waals surface area contributed by atoms with Gasteiger partial charge in [0.1, 0.15) is 12.5 Å². The Morgan fingerprint density at radius 2 is 1.77 bits per heavy atom. The number of carboxylic acids is 2. The molecule has 0 unspecified atom stereocenters. The predicted octanol–water partition coefficient (Wildman–Crippen LogP) is -0.607. The first-order chi connectivity index (χ1) is 5.86. The van der Waals surface area contributed by atoms with Crippen LogP contribution in [0.1, 0.15) is 13.3 Å². The van der Waals surface area contributed by atoms with Gasteiger partial charge >= 0.3 is 11.9 Å². The summed E-state index contributed by atoms with van der Waals surface area (Å²) in [7, 11) is 1.25. The fourth-order valence-electron chi connectivity index (χ4n) is 0.636. The van der Waals surface area contributed by atoms with E-state index in [1.54, 1.807) is 0 Å². The van der Waals surface area contributed by atoms with Crippen LogP contribution < -0.4 is 0 Å². The van der Waals surface area contributed by atoms with E-state index in [4.69, 9.17) is 10.2 Å². The first-order valence-corrected chi connectivity index (χ1v) is 3.56. The quantitative estimate of drug-likeness (QED) is 0.575. The lowest BCUT2D eigenvalue weighted by molar-refractivity contribution is -0.151. The summed E-state index contributed by atoms with van der Waals surface area (Å²) in [4.78, 5) is 32.4. The van der Waals surface area contributed by atoms with Crippen LogP contribution in [-0.2, 0) is 14.4 Å². The zero-order chi connectivity index (χ0) is 10.6. The van der Waals surface area contributed by atoms with Crippen molar-refractivity contribution in [2.45, 2.75) is 19.4 Å². The Hall–Kier alpha value is -1.59. The molecule has 6 heteroatoms. The molecule has 0 aromatic heterocycles. The molecular weight excluding hydrogens is 178 g/mol. The number of carboxylic acid groups (broad SMARTS) is 2. The first-order valence-electron chi connectivity index (χ1n) is 3.56. The van der Waals surface area contributed by atoms with Crippen molar-refractivity contribution in [3.8, 4) is 0 Å². The second-order valence-corrected chi connectivity index (χ2v) is 2.59. The second-order valence-electron chi connectivity index (χ2n) is 2.59. The molecule has 0 rings (SSSR count). The van der Waals surface area contributed by atoms with Gasteiger partial charge in [-0.1, -0.05) is 0 Å². The topological polar surface area (TPSA) is 94.9 Å². The third-order valence-corrected chi connectivity index (χ3v) is 1.63. The number of nitrogens with zero attached hydrogens (tertiary/aromatic N) is 1. The van der Waals surface area contributed by atoms with Crippen LogP contribution in [0.3, 0.4) is 0 Å². The van der Waals surface area contributed by atoms with Crippen LogP contribution in [0, 0.1) is 0 Å². The minimum Gasteiger partial charge on any atom is -0.481 e. The van der Waals surface area contributed by atoms with Gasteiger partial charge in [-0.05, 0) is 6.92 Å². The Balaban J connectivity index is 4.25. The van der Waals surface area contributed by atoms with Gasteiger partial charge in [0.15, 0.2) is 0 Å². The summed E-state index contributed by atoms with van der Waals surface area (Å²) in [6, 6.07) is -1.01. The van der Waals surface area contributed by atoms with Crippen molar-refractivity contribution < 1.29 is 24.6 Å². The lowest BCUT2D eigenvalue weighted by atomic mass is 10.2. The highest BCUT2D eigenvalue weighted by molar-refractivity contribution is 5.94. The molecule has 0 aromatic rings. The zero-order valence-electron chi connectivity index (χ0n) is 7.35. The van der Waals surface area contributed by atoms with Gasteiger partial charge in [0.2, 0.25) is 5.91 Å². The molecular formula is C7H11NO5. The first kappa shape index (κ1) is 11.4. The maximum Gasteiger partial charge on any atom is 0.326 e. The standard InChI is InChI=1S/C7H11NO5/c1-4(7(12)13)8(2)5(9)3-6(10)11/h4H,3H2,1-2H3,(H,10,11)(H,12,13)/t4-/m0/s1. The number of hydrogen-bond donors (Lipinski definition) is 2. The molecule has 1 atom stereocenters. The fourth-order valence-corrected chi connectivity index (χ4v) is 0.636. The van der Waals surface area contributed by atoms with E-state index in [1.807, 2.05) is 0 Å². The highest BCUT2D eigenvalue weighted by Crippen LogP contribution is 1.98. The summed E-state index contributed by atoms with van der Waals surface area (Å²) in [6.07, 6.45) is -0.686. The SMILES string of the molecule is C[C@@H](C(=O)O)N(C)C(=O)CC(=O)O. The van der Waals surface area contributed by atoms with Crippen LogP contribution in [0.2, 0.25) is 0 Å². The van der Waals surface area contributed by atoms with Gasteiger partial charge < -0.3 is 15.1 Å². The minimum absolute atomic E-state index is 0.686. The molecule has 0 aliphatic carbocycles. The van der Waals surface area contributed by atoms with Crippen molar-refractivity contribution in [2.24, 2.45) is 0 Å². The highest BCUT2D eigenvalue weighted by Gasteiger charge is 2.22.